The number of amides is 2. The number of carbonyl (C=O) groups excluding carboxylic acids is 2. The average Bonchev–Trinajstić information content (AvgIpc) is 3.48. The lowest BCUT2D eigenvalue weighted by atomic mass is 10.1. The number of aromatic amines is 2. The molecule has 0 spiro atoms. The molecule has 2 amide bonds. The highest BCUT2D eigenvalue weighted by atomic mass is 35.5. The topological polar surface area (TPSA) is 140 Å². The van der Waals surface area contributed by atoms with Crippen LogP contribution in [0.15, 0.2) is 101 Å². The molecule has 0 radical (unpaired) electrons. The van der Waals surface area contributed by atoms with Crippen LogP contribution < -0.4 is 10.6 Å². The Balaban J connectivity index is 0.000000151. The van der Waals surface area contributed by atoms with Gasteiger partial charge in [-0.1, -0.05) is 49.7 Å². The zero-order valence-corrected chi connectivity index (χ0v) is 25.3. The summed E-state index contributed by atoms with van der Waals surface area (Å²) in [6.07, 6.45) is 5.16. The van der Waals surface area contributed by atoms with Gasteiger partial charge >= 0.3 is 0 Å². The van der Waals surface area contributed by atoms with Gasteiger partial charge in [-0.05, 0) is 48.5 Å². The number of hydrogen-bond acceptors (Lipinski definition) is 6. The van der Waals surface area contributed by atoms with Crippen molar-refractivity contribution in [3.8, 4) is 0 Å². The number of aliphatic imine (C=N–C) groups is 2. The smallest absolute Gasteiger partial charge is 0.246 e. The summed E-state index contributed by atoms with van der Waals surface area (Å²) in [6.45, 7) is 4.18. The van der Waals surface area contributed by atoms with Crippen molar-refractivity contribution in [1.29, 1.82) is 0 Å². The van der Waals surface area contributed by atoms with Gasteiger partial charge in [-0.25, -0.2) is 0 Å². The zero-order chi connectivity index (χ0) is 31.3. The van der Waals surface area contributed by atoms with Crippen LogP contribution >= 0.6 is 11.6 Å². The van der Waals surface area contributed by atoms with Crippen LogP contribution in [0.2, 0.25) is 5.02 Å². The Morgan fingerprint density at radius 1 is 0.689 bits per heavy atom. The molecule has 2 aromatic carbocycles. The highest BCUT2D eigenvalue weighted by molar-refractivity contribution is 6.32. The van der Waals surface area contributed by atoms with Gasteiger partial charge in [0.15, 0.2) is 0 Å². The third-order valence-corrected chi connectivity index (χ3v) is 7.31. The van der Waals surface area contributed by atoms with E-state index in [-0.39, 0.29) is 24.9 Å². The van der Waals surface area contributed by atoms with Crippen LogP contribution in [0.3, 0.4) is 0 Å². The minimum Gasteiger partial charge on any atom is -0.351 e. The lowest BCUT2D eigenvalue weighted by Gasteiger charge is -2.04. The molecule has 224 valence electrons. The number of para-hydroxylation sites is 1. The third-order valence-electron chi connectivity index (χ3n) is 7.07. The first kappa shape index (κ1) is 29.5. The zero-order valence-electron chi connectivity index (χ0n) is 24.6. The van der Waals surface area contributed by atoms with Crippen LogP contribution in [0.1, 0.15) is 36.5 Å². The summed E-state index contributed by atoms with van der Waals surface area (Å²) in [5.41, 5.74) is 7.96. The molecule has 8 rings (SSSR count). The van der Waals surface area contributed by atoms with Crippen molar-refractivity contribution in [2.45, 2.75) is 13.8 Å². The molecule has 0 bridgehead atoms. The van der Waals surface area contributed by atoms with Crippen molar-refractivity contribution >= 4 is 68.0 Å². The highest BCUT2D eigenvalue weighted by Gasteiger charge is 2.24. The minimum atomic E-state index is -0.152. The molecule has 2 aliphatic heterocycles. The molecule has 45 heavy (non-hydrogen) atoms. The molecule has 11 heteroatoms. The monoisotopic (exact) mass is 616 g/mol. The summed E-state index contributed by atoms with van der Waals surface area (Å²) in [5, 5.41) is 8.31. The fourth-order valence-electron chi connectivity index (χ4n) is 5.19. The van der Waals surface area contributed by atoms with E-state index >= 15 is 0 Å². The predicted molar refractivity (Wildman–Crippen MR) is 180 cm³/mol. The average molecular weight is 617 g/mol. The van der Waals surface area contributed by atoms with E-state index in [2.05, 4.69) is 40.6 Å². The Kier molecular flexibility index (Phi) is 8.47. The van der Waals surface area contributed by atoms with Gasteiger partial charge in [0.1, 0.15) is 18.8 Å². The van der Waals surface area contributed by atoms with Gasteiger partial charge in [0.25, 0.3) is 0 Å². The molecule has 10 nitrogen and oxygen atoms in total. The predicted octanol–water partition coefficient (Wildman–Crippen LogP) is 6.38. The number of pyridine rings is 2. The van der Waals surface area contributed by atoms with Crippen molar-refractivity contribution < 1.29 is 9.59 Å². The van der Waals surface area contributed by atoms with E-state index < -0.39 is 0 Å². The Morgan fingerprint density at radius 3 is 2.07 bits per heavy atom. The molecule has 4 N–H and O–H groups in total. The number of fused-ring (bicyclic) bond motifs is 6. The maximum atomic E-state index is 12.0. The Hall–Kier alpha value is -5.61. The molecule has 0 fully saturated rings. The fourth-order valence-corrected chi connectivity index (χ4v) is 5.36. The van der Waals surface area contributed by atoms with E-state index in [0.29, 0.717) is 22.1 Å². The Labute approximate surface area is 263 Å². The first-order chi connectivity index (χ1) is 22.0. The van der Waals surface area contributed by atoms with Crippen LogP contribution in [0, 0.1) is 0 Å². The van der Waals surface area contributed by atoms with Crippen LogP contribution in [0.5, 0.6) is 0 Å². The summed E-state index contributed by atoms with van der Waals surface area (Å²) in [5.74, 6) is -0.270. The van der Waals surface area contributed by atoms with Crippen molar-refractivity contribution in [3.05, 3.63) is 119 Å². The summed E-state index contributed by atoms with van der Waals surface area (Å²) in [4.78, 5) is 47.9. The molecule has 4 aromatic heterocycles. The van der Waals surface area contributed by atoms with Crippen LogP contribution in [0.4, 0.5) is 11.4 Å². The summed E-state index contributed by atoms with van der Waals surface area (Å²) < 4.78 is 0. The van der Waals surface area contributed by atoms with Gasteiger partial charge in [0.05, 0.1) is 34.2 Å². The third kappa shape index (κ3) is 5.96. The summed E-state index contributed by atoms with van der Waals surface area (Å²) in [6, 6.07) is 22.8. The van der Waals surface area contributed by atoms with Gasteiger partial charge in [-0.15, -0.1) is 0 Å². The molecule has 0 saturated carbocycles. The number of benzene rings is 2. The minimum absolute atomic E-state index is 0.0782. The number of carbonyl (C=O) groups is 2. The van der Waals surface area contributed by atoms with Gasteiger partial charge in [-0.2, -0.15) is 0 Å². The molecule has 0 unspecified atom stereocenters. The van der Waals surface area contributed by atoms with Crippen molar-refractivity contribution in [2.75, 3.05) is 23.7 Å². The van der Waals surface area contributed by atoms with Crippen LogP contribution in [0.25, 0.3) is 21.8 Å². The number of nitrogens with zero attached hydrogens (tertiary/aromatic N) is 4. The standard InChI is InChI=1S/C16H11ClN4O.C16H12N4O.C2H6/c17-10-3-4-12-11(6-10)15-16(20-12)14(19-8-13(22)21-15)9-2-1-5-18-7-9;21-13-9-18-15(12-7-3-4-8-17-12)16-14(20-13)10-5-1-2-6-11(10)19-16;1-2/h1-7,20H,8H2,(H,21,22);1-8,19H,9H2,(H,20,21);1-2H3. The molecule has 6 aromatic rings. The number of hydrogen-bond donors (Lipinski definition) is 4. The highest BCUT2D eigenvalue weighted by Crippen LogP contribution is 2.33. The second kappa shape index (κ2) is 12.9. The Bertz CT molecular complexity index is 2080. The van der Waals surface area contributed by atoms with Gasteiger partial charge in [0, 0.05) is 51.0 Å². The maximum Gasteiger partial charge on any atom is 0.246 e. The van der Waals surface area contributed by atoms with E-state index in [1.165, 1.54) is 0 Å². The van der Waals surface area contributed by atoms with Gasteiger partial charge in [-0.3, -0.25) is 29.5 Å². The molecule has 0 aliphatic carbocycles. The Morgan fingerprint density at radius 2 is 1.36 bits per heavy atom. The summed E-state index contributed by atoms with van der Waals surface area (Å²) in [7, 11) is 0. The van der Waals surface area contributed by atoms with Crippen LogP contribution in [-0.2, 0) is 9.59 Å². The molecule has 6 heterocycles. The van der Waals surface area contributed by atoms with Crippen molar-refractivity contribution in [3.63, 3.8) is 0 Å². The number of nitrogens with one attached hydrogen (secondary N) is 4. The van der Waals surface area contributed by atoms with Gasteiger partial charge < -0.3 is 20.6 Å². The largest absolute Gasteiger partial charge is 0.351 e. The van der Waals surface area contributed by atoms with Crippen molar-refractivity contribution in [1.82, 2.24) is 19.9 Å². The number of halogens is 1. The van der Waals surface area contributed by atoms with Crippen molar-refractivity contribution in [2.24, 2.45) is 9.98 Å². The lowest BCUT2D eigenvalue weighted by molar-refractivity contribution is -0.115. The molecule has 2 aliphatic rings. The van der Waals surface area contributed by atoms with E-state index in [0.717, 1.165) is 50.1 Å². The number of rotatable bonds is 2. The van der Waals surface area contributed by atoms with Crippen LogP contribution in [-0.4, -0.2) is 56.3 Å². The molecule has 0 atom stereocenters. The number of H-pyrrole nitrogens is 2. The quantitative estimate of drug-likeness (QED) is 0.179. The van der Waals surface area contributed by atoms with E-state index in [4.69, 9.17) is 11.6 Å². The number of anilines is 2. The molecule has 0 saturated heterocycles. The SMILES string of the molecule is CC.O=C1CN=C(c2ccccn2)c2[nH]c3ccccc3c2N1.O=C1CN=C(c2cccnc2)c2[nH]c3ccc(Cl)cc3c2N1. The fraction of sp³-hybridized carbons (Fsp3) is 0.118. The van der Waals surface area contributed by atoms with Gasteiger partial charge in [0.2, 0.25) is 11.8 Å². The molecular weight excluding hydrogens is 588 g/mol. The molecular formula is C34H29ClN8O2. The first-order valence-electron chi connectivity index (χ1n) is 14.5. The van der Waals surface area contributed by atoms with E-state index in [1.807, 2.05) is 86.6 Å². The van der Waals surface area contributed by atoms with E-state index in [1.54, 1.807) is 18.6 Å². The summed E-state index contributed by atoms with van der Waals surface area (Å²) >= 11 is 6.08. The van der Waals surface area contributed by atoms with E-state index in [9.17, 15) is 9.59 Å². The lowest BCUT2D eigenvalue weighted by Crippen LogP contribution is -2.13. The first-order valence-corrected chi connectivity index (χ1v) is 14.9. The normalized spacial score (nSPS) is 13.8. The second-order valence-electron chi connectivity index (χ2n) is 9.87. The number of aromatic nitrogens is 4. The maximum absolute atomic E-state index is 12.0. The second-order valence-corrected chi connectivity index (χ2v) is 10.3.